The average Bonchev–Trinajstić information content (AvgIpc) is 2.29. The Bertz CT molecular complexity index is 350. The van der Waals surface area contributed by atoms with E-state index < -0.39 is 0 Å². The first-order valence-corrected chi connectivity index (χ1v) is 6.06. The second kappa shape index (κ2) is 6.62. The highest BCUT2D eigenvalue weighted by Crippen LogP contribution is 2.21. The van der Waals surface area contributed by atoms with Gasteiger partial charge in [-0.05, 0) is 18.4 Å². The van der Waals surface area contributed by atoms with Crippen LogP contribution in [-0.4, -0.2) is 24.9 Å². The van der Waals surface area contributed by atoms with Gasteiger partial charge in [0, 0.05) is 25.3 Å². The molecule has 1 aromatic rings. The second-order valence-corrected chi connectivity index (χ2v) is 4.77. The minimum atomic E-state index is 0.305. The maximum atomic E-state index is 9.91. The summed E-state index contributed by atoms with van der Waals surface area (Å²) in [4.78, 5) is 0. The summed E-state index contributed by atoms with van der Waals surface area (Å²) in [5.74, 6) is 0.891. The van der Waals surface area contributed by atoms with E-state index >= 15 is 0 Å². The molecule has 0 saturated carbocycles. The molecule has 17 heavy (non-hydrogen) atoms. The molecular formula is C14H23NO2. The van der Waals surface area contributed by atoms with Crippen LogP contribution in [0.4, 0.5) is 0 Å². The molecule has 3 heteroatoms. The fourth-order valence-corrected chi connectivity index (χ4v) is 1.77. The minimum absolute atomic E-state index is 0.305. The molecule has 0 aliphatic heterocycles. The second-order valence-electron chi connectivity index (χ2n) is 4.77. The van der Waals surface area contributed by atoms with Crippen LogP contribution in [-0.2, 0) is 11.3 Å². The van der Waals surface area contributed by atoms with Crippen molar-refractivity contribution in [3.8, 4) is 5.75 Å². The molecule has 1 unspecified atom stereocenters. The van der Waals surface area contributed by atoms with E-state index in [0.29, 0.717) is 30.9 Å². The van der Waals surface area contributed by atoms with Gasteiger partial charge in [-0.2, -0.15) is 0 Å². The van der Waals surface area contributed by atoms with Crippen LogP contribution >= 0.6 is 0 Å². The van der Waals surface area contributed by atoms with Gasteiger partial charge < -0.3 is 15.2 Å². The third-order valence-electron chi connectivity index (χ3n) is 3.03. The number of nitrogens with one attached hydrogen (secondary N) is 1. The maximum Gasteiger partial charge on any atom is 0.122 e. The van der Waals surface area contributed by atoms with E-state index in [4.69, 9.17) is 4.74 Å². The summed E-state index contributed by atoms with van der Waals surface area (Å²) < 4.78 is 5.18. The van der Waals surface area contributed by atoms with Gasteiger partial charge in [0.05, 0.1) is 6.61 Å². The Morgan fingerprint density at radius 2 is 2.06 bits per heavy atom. The molecule has 96 valence electrons. The van der Waals surface area contributed by atoms with Gasteiger partial charge in [0.25, 0.3) is 0 Å². The predicted molar refractivity (Wildman–Crippen MR) is 70.2 cm³/mol. The van der Waals surface area contributed by atoms with Crippen molar-refractivity contribution in [1.82, 2.24) is 5.32 Å². The molecule has 0 heterocycles. The Morgan fingerprint density at radius 3 is 2.65 bits per heavy atom. The summed E-state index contributed by atoms with van der Waals surface area (Å²) >= 11 is 0. The molecule has 1 atom stereocenters. The zero-order valence-electron chi connectivity index (χ0n) is 11.2. The van der Waals surface area contributed by atoms with E-state index in [1.54, 1.807) is 7.11 Å². The Balaban J connectivity index is 2.62. The molecule has 1 aromatic carbocycles. The van der Waals surface area contributed by atoms with Gasteiger partial charge in [0.1, 0.15) is 5.75 Å². The lowest BCUT2D eigenvalue weighted by Gasteiger charge is -2.22. The van der Waals surface area contributed by atoms with Crippen LogP contribution in [0, 0.1) is 12.8 Å². The summed E-state index contributed by atoms with van der Waals surface area (Å²) in [6, 6.07) is 6.13. The number of ether oxygens (including phenoxy) is 1. The Labute approximate surface area is 104 Å². The number of hydrogen-bond acceptors (Lipinski definition) is 3. The largest absolute Gasteiger partial charge is 0.507 e. The number of benzene rings is 1. The number of aromatic hydroxyl groups is 1. The number of aryl methyl sites for hydroxylation is 1. The highest BCUT2D eigenvalue weighted by atomic mass is 16.5. The quantitative estimate of drug-likeness (QED) is 0.798. The van der Waals surface area contributed by atoms with Gasteiger partial charge in [0.15, 0.2) is 0 Å². The van der Waals surface area contributed by atoms with Crippen molar-refractivity contribution < 1.29 is 9.84 Å². The SMILES string of the molecule is COCC(NCc1cccc(C)c1O)C(C)C. The van der Waals surface area contributed by atoms with Crippen molar-refractivity contribution in [1.29, 1.82) is 0 Å². The van der Waals surface area contributed by atoms with Gasteiger partial charge in [-0.1, -0.05) is 32.0 Å². The molecule has 3 nitrogen and oxygen atoms in total. The Kier molecular flexibility index (Phi) is 5.45. The molecule has 0 aliphatic rings. The molecule has 0 radical (unpaired) electrons. The van der Waals surface area contributed by atoms with Crippen molar-refractivity contribution in [2.75, 3.05) is 13.7 Å². The van der Waals surface area contributed by atoms with E-state index in [-0.39, 0.29) is 0 Å². The average molecular weight is 237 g/mol. The predicted octanol–water partition coefficient (Wildman–Crippen LogP) is 2.46. The smallest absolute Gasteiger partial charge is 0.122 e. The van der Waals surface area contributed by atoms with Crippen LogP contribution in [0.5, 0.6) is 5.75 Å². The van der Waals surface area contributed by atoms with Crippen molar-refractivity contribution in [3.05, 3.63) is 29.3 Å². The molecule has 2 N–H and O–H groups in total. The third kappa shape index (κ3) is 4.02. The fourth-order valence-electron chi connectivity index (χ4n) is 1.77. The zero-order valence-corrected chi connectivity index (χ0v) is 11.2. The summed E-state index contributed by atoms with van der Waals surface area (Å²) in [5.41, 5.74) is 1.85. The van der Waals surface area contributed by atoms with Crippen LogP contribution in [0.25, 0.3) is 0 Å². The lowest BCUT2D eigenvalue weighted by Crippen LogP contribution is -2.37. The van der Waals surface area contributed by atoms with Crippen LogP contribution in [0.3, 0.4) is 0 Å². The van der Waals surface area contributed by atoms with Crippen LogP contribution in [0.1, 0.15) is 25.0 Å². The third-order valence-corrected chi connectivity index (χ3v) is 3.03. The molecule has 0 saturated heterocycles. The van der Waals surface area contributed by atoms with Crippen molar-refractivity contribution in [3.63, 3.8) is 0 Å². The lowest BCUT2D eigenvalue weighted by molar-refractivity contribution is 0.146. The normalized spacial score (nSPS) is 13.0. The fraction of sp³-hybridized carbons (Fsp3) is 0.571. The van der Waals surface area contributed by atoms with Gasteiger partial charge in [-0.3, -0.25) is 0 Å². The Morgan fingerprint density at radius 1 is 1.35 bits per heavy atom. The zero-order chi connectivity index (χ0) is 12.8. The molecule has 0 aromatic heterocycles. The standard InChI is InChI=1S/C14H23NO2/c1-10(2)13(9-17-4)15-8-12-7-5-6-11(3)14(12)16/h5-7,10,13,15-16H,8-9H2,1-4H3. The number of para-hydroxylation sites is 1. The summed E-state index contributed by atoms with van der Waals surface area (Å²) in [6.07, 6.45) is 0. The van der Waals surface area contributed by atoms with Crippen molar-refractivity contribution >= 4 is 0 Å². The summed E-state index contributed by atoms with van der Waals surface area (Å²) in [7, 11) is 1.71. The molecule has 0 fully saturated rings. The highest BCUT2D eigenvalue weighted by Gasteiger charge is 2.13. The van der Waals surface area contributed by atoms with Crippen molar-refractivity contribution in [2.45, 2.75) is 33.4 Å². The number of phenolic OH excluding ortho intramolecular Hbond substituents is 1. The first-order chi connectivity index (χ1) is 8.06. The van der Waals surface area contributed by atoms with Gasteiger partial charge in [0.2, 0.25) is 0 Å². The van der Waals surface area contributed by atoms with Gasteiger partial charge >= 0.3 is 0 Å². The van der Waals surface area contributed by atoms with E-state index in [2.05, 4.69) is 19.2 Å². The molecule has 0 spiro atoms. The monoisotopic (exact) mass is 237 g/mol. The molecule has 0 aliphatic carbocycles. The number of rotatable bonds is 6. The number of phenols is 1. The minimum Gasteiger partial charge on any atom is -0.507 e. The van der Waals surface area contributed by atoms with Gasteiger partial charge in [-0.15, -0.1) is 0 Å². The summed E-state index contributed by atoms with van der Waals surface area (Å²) in [5, 5.41) is 13.3. The van der Waals surface area contributed by atoms with Crippen LogP contribution < -0.4 is 5.32 Å². The molecular weight excluding hydrogens is 214 g/mol. The van der Waals surface area contributed by atoms with E-state index in [1.807, 2.05) is 25.1 Å². The Hall–Kier alpha value is -1.06. The van der Waals surface area contributed by atoms with Gasteiger partial charge in [-0.25, -0.2) is 0 Å². The van der Waals surface area contributed by atoms with Crippen LogP contribution in [0.15, 0.2) is 18.2 Å². The van der Waals surface area contributed by atoms with Crippen LogP contribution in [0.2, 0.25) is 0 Å². The molecule has 1 rings (SSSR count). The first kappa shape index (κ1) is 14.0. The number of hydrogen-bond donors (Lipinski definition) is 2. The maximum absolute atomic E-state index is 9.91. The van der Waals surface area contributed by atoms with E-state index in [1.165, 1.54) is 0 Å². The first-order valence-electron chi connectivity index (χ1n) is 6.06. The topological polar surface area (TPSA) is 41.5 Å². The molecule has 0 amide bonds. The number of methoxy groups -OCH3 is 1. The van der Waals surface area contributed by atoms with E-state index in [0.717, 1.165) is 11.1 Å². The molecule has 0 bridgehead atoms. The highest BCUT2D eigenvalue weighted by molar-refractivity contribution is 5.39. The lowest BCUT2D eigenvalue weighted by atomic mass is 10.0. The summed E-state index contributed by atoms with van der Waals surface area (Å²) in [6.45, 7) is 7.58. The van der Waals surface area contributed by atoms with E-state index in [9.17, 15) is 5.11 Å². The van der Waals surface area contributed by atoms with Crippen molar-refractivity contribution in [2.24, 2.45) is 5.92 Å².